The van der Waals surface area contributed by atoms with Crippen LogP contribution in [-0.2, 0) is 10.1 Å². The number of aldehydes is 1. The molecule has 0 fully saturated rings. The van der Waals surface area contributed by atoms with Gasteiger partial charge in [0.25, 0.3) is 0 Å². The summed E-state index contributed by atoms with van der Waals surface area (Å²) >= 11 is 0. The molecule has 0 saturated heterocycles. The van der Waals surface area contributed by atoms with E-state index in [0.717, 1.165) is 5.39 Å². The number of hydrogen-bond donors (Lipinski definition) is 0. The van der Waals surface area contributed by atoms with Crippen LogP contribution in [0.2, 0.25) is 0 Å². The molecule has 0 heterocycles. The Kier molecular flexibility index (Phi) is 3.93. The summed E-state index contributed by atoms with van der Waals surface area (Å²) in [6, 6.07) is 22.5. The Morgan fingerprint density at radius 1 is 0.692 bits per heavy atom. The lowest BCUT2D eigenvalue weighted by molar-refractivity contribution is 0.112. The summed E-state index contributed by atoms with van der Waals surface area (Å²) < 4.78 is 31.4. The second-order valence-electron chi connectivity index (χ2n) is 5.83. The molecule has 0 amide bonds. The predicted octanol–water partition coefficient (Wildman–Crippen LogP) is 4.57. The van der Waals surface area contributed by atoms with E-state index in [1.54, 1.807) is 36.4 Å². The summed E-state index contributed by atoms with van der Waals surface area (Å²) in [7, 11) is -4.07. The summed E-state index contributed by atoms with van der Waals surface area (Å²) in [6.45, 7) is 0. The van der Waals surface area contributed by atoms with Crippen LogP contribution >= 0.6 is 0 Å². The maximum absolute atomic E-state index is 12.9. The van der Waals surface area contributed by atoms with Crippen LogP contribution in [0.3, 0.4) is 0 Å². The van der Waals surface area contributed by atoms with Crippen molar-refractivity contribution in [2.45, 2.75) is 4.90 Å². The molecule has 0 saturated carbocycles. The minimum atomic E-state index is -4.07. The van der Waals surface area contributed by atoms with Crippen LogP contribution < -0.4 is 4.18 Å². The second-order valence-corrected chi connectivity index (χ2v) is 7.35. The zero-order chi connectivity index (χ0) is 18.1. The molecule has 0 bridgehead atoms. The van der Waals surface area contributed by atoms with Gasteiger partial charge in [-0.3, -0.25) is 4.79 Å². The van der Waals surface area contributed by atoms with Crippen LogP contribution in [0, 0.1) is 0 Å². The first-order valence-corrected chi connectivity index (χ1v) is 9.40. The normalized spacial score (nSPS) is 11.5. The van der Waals surface area contributed by atoms with Gasteiger partial charge in [0.1, 0.15) is 4.90 Å². The van der Waals surface area contributed by atoms with E-state index in [-0.39, 0.29) is 10.6 Å². The van der Waals surface area contributed by atoms with Gasteiger partial charge in [0.05, 0.1) is 0 Å². The molecule has 0 spiro atoms. The quantitative estimate of drug-likeness (QED) is 0.394. The molecule has 0 aliphatic heterocycles. The molecular weight excluding hydrogens is 348 g/mol. The number of fused-ring (bicyclic) bond motifs is 2. The van der Waals surface area contributed by atoms with Gasteiger partial charge in [0.15, 0.2) is 12.0 Å². The molecule has 0 atom stereocenters. The highest BCUT2D eigenvalue weighted by molar-refractivity contribution is 7.87. The number of carbonyl (C=O) groups is 1. The van der Waals surface area contributed by atoms with E-state index in [0.29, 0.717) is 28.0 Å². The first kappa shape index (κ1) is 16.3. The average molecular weight is 362 g/mol. The monoisotopic (exact) mass is 362 g/mol. The van der Waals surface area contributed by atoms with Gasteiger partial charge in [0.2, 0.25) is 0 Å². The smallest absolute Gasteiger partial charge is 0.339 e. The van der Waals surface area contributed by atoms with Gasteiger partial charge in [0, 0.05) is 16.3 Å². The molecule has 5 heteroatoms. The molecule has 26 heavy (non-hydrogen) atoms. The lowest BCUT2D eigenvalue weighted by Crippen LogP contribution is -2.11. The highest BCUT2D eigenvalue weighted by Gasteiger charge is 2.21. The van der Waals surface area contributed by atoms with Gasteiger partial charge in [-0.25, -0.2) is 0 Å². The van der Waals surface area contributed by atoms with Crippen molar-refractivity contribution in [1.82, 2.24) is 0 Å². The Labute approximate surface area is 150 Å². The van der Waals surface area contributed by atoms with Crippen molar-refractivity contribution in [2.24, 2.45) is 0 Å². The topological polar surface area (TPSA) is 60.4 Å². The molecule has 128 valence electrons. The summed E-state index contributed by atoms with van der Waals surface area (Å²) in [4.78, 5) is 11.3. The van der Waals surface area contributed by atoms with Crippen molar-refractivity contribution in [3.05, 3.63) is 84.4 Å². The molecule has 0 aliphatic carbocycles. The first-order chi connectivity index (χ1) is 12.6. The van der Waals surface area contributed by atoms with E-state index in [1.165, 1.54) is 12.1 Å². The molecule has 4 nitrogen and oxygen atoms in total. The van der Waals surface area contributed by atoms with Crippen molar-refractivity contribution in [1.29, 1.82) is 0 Å². The Morgan fingerprint density at radius 2 is 1.35 bits per heavy atom. The van der Waals surface area contributed by atoms with Crippen LogP contribution in [0.15, 0.2) is 83.8 Å². The highest BCUT2D eigenvalue weighted by Crippen LogP contribution is 2.31. The molecule has 4 aromatic rings. The lowest BCUT2D eigenvalue weighted by atomic mass is 10.1. The summed E-state index contributed by atoms with van der Waals surface area (Å²) in [6.07, 6.45) is 0.713. The second kappa shape index (κ2) is 6.28. The van der Waals surface area contributed by atoms with Crippen LogP contribution in [0.4, 0.5) is 0 Å². The fourth-order valence-electron chi connectivity index (χ4n) is 3.05. The third kappa shape index (κ3) is 2.72. The van der Waals surface area contributed by atoms with E-state index < -0.39 is 10.1 Å². The Balaban J connectivity index is 1.88. The SMILES string of the molecule is O=Cc1ccc(S(=O)(=O)Oc2cccc3ccccc23)c2ccccc12. The predicted molar refractivity (Wildman–Crippen MR) is 101 cm³/mol. The Bertz CT molecular complexity index is 1240. The number of carbonyl (C=O) groups excluding carboxylic acids is 1. The third-order valence-electron chi connectivity index (χ3n) is 4.26. The standard InChI is InChI=1S/C21H14O4S/c22-14-16-12-13-21(19-10-4-3-8-17(16)19)26(23,24)25-20-11-5-7-15-6-1-2-9-18(15)20/h1-14H. The molecule has 0 radical (unpaired) electrons. The fraction of sp³-hybridized carbons (Fsp3) is 0. The average Bonchev–Trinajstić information content (AvgIpc) is 2.67. The summed E-state index contributed by atoms with van der Waals surface area (Å²) in [5.74, 6) is 0.270. The Hall–Kier alpha value is -3.18. The summed E-state index contributed by atoms with van der Waals surface area (Å²) in [5.41, 5.74) is 0.435. The van der Waals surface area contributed by atoms with Crippen LogP contribution in [0.1, 0.15) is 10.4 Å². The minimum absolute atomic E-state index is 0.0339. The van der Waals surface area contributed by atoms with E-state index in [9.17, 15) is 13.2 Å². The molecular formula is C21H14O4S. The van der Waals surface area contributed by atoms with Crippen molar-refractivity contribution in [2.75, 3.05) is 0 Å². The van der Waals surface area contributed by atoms with Crippen LogP contribution in [0.5, 0.6) is 5.75 Å². The molecule has 4 rings (SSSR count). The van der Waals surface area contributed by atoms with E-state index in [1.807, 2.05) is 30.3 Å². The van der Waals surface area contributed by atoms with Gasteiger partial charge < -0.3 is 4.18 Å². The molecule has 0 N–H and O–H groups in total. The van der Waals surface area contributed by atoms with Crippen molar-refractivity contribution in [3.8, 4) is 5.75 Å². The van der Waals surface area contributed by atoms with Gasteiger partial charge in [-0.2, -0.15) is 8.42 Å². The van der Waals surface area contributed by atoms with Crippen molar-refractivity contribution in [3.63, 3.8) is 0 Å². The van der Waals surface area contributed by atoms with Crippen LogP contribution in [0.25, 0.3) is 21.5 Å². The number of hydrogen-bond acceptors (Lipinski definition) is 4. The first-order valence-electron chi connectivity index (χ1n) is 7.99. The van der Waals surface area contributed by atoms with Crippen molar-refractivity contribution >= 4 is 37.9 Å². The van der Waals surface area contributed by atoms with Gasteiger partial charge >= 0.3 is 10.1 Å². The number of benzene rings is 4. The largest absolute Gasteiger partial charge is 0.378 e. The third-order valence-corrected chi connectivity index (χ3v) is 5.56. The molecule has 0 aliphatic rings. The van der Waals surface area contributed by atoms with Crippen LogP contribution in [-0.4, -0.2) is 14.7 Å². The van der Waals surface area contributed by atoms with Gasteiger partial charge in [-0.05, 0) is 29.0 Å². The Morgan fingerprint density at radius 3 is 2.12 bits per heavy atom. The highest BCUT2D eigenvalue weighted by atomic mass is 32.2. The lowest BCUT2D eigenvalue weighted by Gasteiger charge is -2.12. The van der Waals surface area contributed by atoms with E-state index >= 15 is 0 Å². The number of rotatable bonds is 4. The zero-order valence-electron chi connectivity index (χ0n) is 13.6. The maximum atomic E-state index is 12.9. The fourth-order valence-corrected chi connectivity index (χ4v) is 4.20. The zero-order valence-corrected chi connectivity index (χ0v) is 14.4. The summed E-state index contributed by atoms with van der Waals surface area (Å²) in [5, 5.41) is 2.64. The molecule has 0 unspecified atom stereocenters. The van der Waals surface area contributed by atoms with Gasteiger partial charge in [-0.15, -0.1) is 0 Å². The maximum Gasteiger partial charge on any atom is 0.339 e. The molecule has 4 aromatic carbocycles. The van der Waals surface area contributed by atoms with Gasteiger partial charge in [-0.1, -0.05) is 60.7 Å². The minimum Gasteiger partial charge on any atom is -0.378 e. The molecule has 0 aromatic heterocycles. The van der Waals surface area contributed by atoms with Crippen molar-refractivity contribution < 1.29 is 17.4 Å². The van der Waals surface area contributed by atoms with E-state index in [2.05, 4.69) is 0 Å². The van der Waals surface area contributed by atoms with E-state index in [4.69, 9.17) is 4.18 Å².